The summed E-state index contributed by atoms with van der Waals surface area (Å²) in [6.45, 7) is 4.42. The Morgan fingerprint density at radius 1 is 1.25 bits per heavy atom. The molecule has 3 aromatic rings. The molecule has 2 aromatic heterocycles. The Morgan fingerprint density at radius 2 is 2.03 bits per heavy atom. The van der Waals surface area contributed by atoms with E-state index in [1.54, 1.807) is 19.2 Å². The molecule has 0 unspecified atom stereocenters. The second-order valence-electron chi connectivity index (χ2n) is 7.40. The van der Waals surface area contributed by atoms with E-state index >= 15 is 0 Å². The van der Waals surface area contributed by atoms with Gasteiger partial charge in [-0.15, -0.1) is 0 Å². The monoisotopic (exact) mass is 441 g/mol. The number of furan rings is 1. The smallest absolute Gasteiger partial charge is 0.291 e. The largest absolute Gasteiger partial charge is 0.485 e. The highest BCUT2D eigenvalue weighted by molar-refractivity contribution is 6.07. The molecule has 0 aliphatic heterocycles. The van der Waals surface area contributed by atoms with Crippen molar-refractivity contribution in [2.75, 3.05) is 11.9 Å². The van der Waals surface area contributed by atoms with Crippen LogP contribution in [0.25, 0.3) is 0 Å². The molecule has 0 radical (unpaired) electrons. The van der Waals surface area contributed by atoms with Crippen molar-refractivity contribution in [1.82, 2.24) is 15.1 Å². The molecule has 1 aromatic carbocycles. The number of aryl methyl sites for hydroxylation is 1. The number of anilines is 1. The molecule has 2 heterocycles. The van der Waals surface area contributed by atoms with Gasteiger partial charge in [-0.25, -0.2) is 0 Å². The van der Waals surface area contributed by atoms with Gasteiger partial charge in [-0.05, 0) is 24.1 Å². The van der Waals surface area contributed by atoms with E-state index in [0.29, 0.717) is 18.1 Å². The number of hydrogen-bond donors (Lipinski definition) is 2. The van der Waals surface area contributed by atoms with Crippen LogP contribution < -0.4 is 15.4 Å². The Labute approximate surface area is 183 Å². The molecule has 0 spiro atoms. The number of non-ortho nitro benzene ring substituents is 1. The molecule has 0 aliphatic rings. The number of benzene rings is 1. The Balaban J connectivity index is 1.64. The van der Waals surface area contributed by atoms with Crippen molar-refractivity contribution in [1.29, 1.82) is 0 Å². The van der Waals surface area contributed by atoms with E-state index in [-0.39, 0.29) is 41.3 Å². The Bertz CT molecular complexity index is 1130. The lowest BCUT2D eigenvalue weighted by atomic mass is 10.2. The Hall–Kier alpha value is -4.15. The van der Waals surface area contributed by atoms with E-state index in [2.05, 4.69) is 15.7 Å². The predicted molar refractivity (Wildman–Crippen MR) is 114 cm³/mol. The van der Waals surface area contributed by atoms with Crippen molar-refractivity contribution in [2.24, 2.45) is 13.0 Å². The fourth-order valence-electron chi connectivity index (χ4n) is 2.78. The van der Waals surface area contributed by atoms with Gasteiger partial charge in [0.1, 0.15) is 23.8 Å². The van der Waals surface area contributed by atoms with Crippen LogP contribution in [0.2, 0.25) is 0 Å². The molecule has 0 fully saturated rings. The van der Waals surface area contributed by atoms with Gasteiger partial charge in [-0.1, -0.05) is 19.9 Å². The van der Waals surface area contributed by atoms with E-state index in [0.717, 1.165) is 0 Å². The van der Waals surface area contributed by atoms with Crippen LogP contribution >= 0.6 is 0 Å². The Morgan fingerprint density at radius 3 is 2.75 bits per heavy atom. The molecule has 2 N–H and O–H groups in total. The van der Waals surface area contributed by atoms with Crippen molar-refractivity contribution in [3.8, 4) is 5.75 Å². The number of hydrogen-bond acceptors (Lipinski definition) is 7. The molecule has 11 nitrogen and oxygen atoms in total. The van der Waals surface area contributed by atoms with Crippen LogP contribution in [-0.4, -0.2) is 33.1 Å². The zero-order valence-corrected chi connectivity index (χ0v) is 17.8. The molecule has 11 heteroatoms. The molecule has 0 bridgehead atoms. The SMILES string of the molecule is CC(C)CNC(=O)c1c(NC(=O)c2ccc(COc3cccc([N+](=O)[O-])c3)o2)cnn1C. The predicted octanol–water partition coefficient (Wildman–Crippen LogP) is 3.14. The van der Waals surface area contributed by atoms with E-state index in [9.17, 15) is 19.7 Å². The number of nitro groups is 1. The molecular formula is C21H23N5O6. The van der Waals surface area contributed by atoms with Crippen molar-refractivity contribution < 1.29 is 23.7 Å². The first kappa shape index (κ1) is 22.5. The van der Waals surface area contributed by atoms with Gasteiger partial charge < -0.3 is 19.8 Å². The standard InChI is InChI=1S/C21H23N5O6/c1-13(2)10-22-21(28)19-17(11-23-25(19)3)24-20(27)18-8-7-16(32-18)12-31-15-6-4-5-14(9-15)26(29)30/h4-9,11,13H,10,12H2,1-3H3,(H,22,28)(H,24,27). The van der Waals surface area contributed by atoms with Crippen LogP contribution in [0.15, 0.2) is 47.0 Å². The molecule has 0 aliphatic carbocycles. The third-order valence-corrected chi connectivity index (χ3v) is 4.37. The molecule has 32 heavy (non-hydrogen) atoms. The fourth-order valence-corrected chi connectivity index (χ4v) is 2.78. The number of rotatable bonds is 9. The van der Waals surface area contributed by atoms with Crippen LogP contribution in [0.1, 0.15) is 40.7 Å². The van der Waals surface area contributed by atoms with E-state index < -0.39 is 10.8 Å². The van der Waals surface area contributed by atoms with Crippen LogP contribution in [0.3, 0.4) is 0 Å². The fraction of sp³-hybridized carbons (Fsp3) is 0.286. The number of carbonyl (C=O) groups is 2. The summed E-state index contributed by atoms with van der Waals surface area (Å²) in [6, 6.07) is 8.78. The third-order valence-electron chi connectivity index (χ3n) is 4.37. The number of aromatic nitrogens is 2. The van der Waals surface area contributed by atoms with Gasteiger partial charge in [-0.3, -0.25) is 24.4 Å². The lowest BCUT2D eigenvalue weighted by molar-refractivity contribution is -0.384. The summed E-state index contributed by atoms with van der Waals surface area (Å²) in [4.78, 5) is 35.4. The van der Waals surface area contributed by atoms with Crippen LogP contribution in [-0.2, 0) is 13.7 Å². The summed E-state index contributed by atoms with van der Waals surface area (Å²) in [6.07, 6.45) is 1.39. The molecule has 0 atom stereocenters. The molecule has 0 saturated heterocycles. The zero-order valence-electron chi connectivity index (χ0n) is 17.8. The molecule has 0 saturated carbocycles. The maximum atomic E-state index is 12.6. The quantitative estimate of drug-likeness (QED) is 0.384. The van der Waals surface area contributed by atoms with Crippen LogP contribution in [0.4, 0.5) is 11.4 Å². The summed E-state index contributed by atoms with van der Waals surface area (Å²) in [5, 5.41) is 20.3. The summed E-state index contributed by atoms with van der Waals surface area (Å²) in [7, 11) is 1.61. The average Bonchev–Trinajstić information content (AvgIpc) is 3.37. The van der Waals surface area contributed by atoms with Crippen molar-refractivity contribution in [3.05, 3.63) is 69.9 Å². The van der Waals surface area contributed by atoms with E-state index in [4.69, 9.17) is 9.15 Å². The lowest BCUT2D eigenvalue weighted by Gasteiger charge is -2.10. The molecule has 2 amide bonds. The average molecular weight is 441 g/mol. The van der Waals surface area contributed by atoms with Crippen molar-refractivity contribution in [3.63, 3.8) is 0 Å². The zero-order chi connectivity index (χ0) is 23.3. The minimum atomic E-state index is -0.558. The van der Waals surface area contributed by atoms with E-state index in [1.165, 1.54) is 35.1 Å². The molecular weight excluding hydrogens is 418 g/mol. The topological polar surface area (TPSA) is 142 Å². The minimum Gasteiger partial charge on any atom is -0.485 e. The number of carbonyl (C=O) groups excluding carboxylic acids is 2. The lowest BCUT2D eigenvalue weighted by Crippen LogP contribution is -2.30. The summed E-state index contributed by atoms with van der Waals surface area (Å²) in [5.41, 5.74) is 0.385. The minimum absolute atomic E-state index is 0.0139. The number of nitro benzene ring substituents is 1. The highest BCUT2D eigenvalue weighted by atomic mass is 16.6. The normalized spacial score (nSPS) is 10.8. The van der Waals surface area contributed by atoms with Gasteiger partial charge in [0.25, 0.3) is 17.5 Å². The van der Waals surface area contributed by atoms with Gasteiger partial charge in [0.2, 0.25) is 0 Å². The van der Waals surface area contributed by atoms with Gasteiger partial charge in [0.15, 0.2) is 5.76 Å². The number of nitrogens with zero attached hydrogens (tertiary/aromatic N) is 3. The summed E-state index contributed by atoms with van der Waals surface area (Å²) in [5.74, 6) is 0.0322. The van der Waals surface area contributed by atoms with Crippen molar-refractivity contribution >= 4 is 23.2 Å². The third kappa shape index (κ3) is 5.50. The highest BCUT2D eigenvalue weighted by Crippen LogP contribution is 2.21. The van der Waals surface area contributed by atoms with Crippen LogP contribution in [0.5, 0.6) is 5.75 Å². The first-order valence-corrected chi connectivity index (χ1v) is 9.82. The molecule has 3 rings (SSSR count). The van der Waals surface area contributed by atoms with Gasteiger partial charge >= 0.3 is 0 Å². The van der Waals surface area contributed by atoms with E-state index in [1.807, 2.05) is 13.8 Å². The first-order valence-electron chi connectivity index (χ1n) is 9.82. The van der Waals surface area contributed by atoms with Crippen LogP contribution in [0, 0.1) is 16.0 Å². The maximum Gasteiger partial charge on any atom is 0.291 e. The Kier molecular flexibility index (Phi) is 6.88. The van der Waals surface area contributed by atoms with Gasteiger partial charge in [0.05, 0.1) is 22.9 Å². The van der Waals surface area contributed by atoms with Gasteiger partial charge in [0, 0.05) is 19.7 Å². The maximum absolute atomic E-state index is 12.6. The highest BCUT2D eigenvalue weighted by Gasteiger charge is 2.21. The first-order chi connectivity index (χ1) is 15.2. The summed E-state index contributed by atoms with van der Waals surface area (Å²) >= 11 is 0. The van der Waals surface area contributed by atoms with Crippen molar-refractivity contribution in [2.45, 2.75) is 20.5 Å². The van der Waals surface area contributed by atoms with Gasteiger partial charge in [-0.2, -0.15) is 5.10 Å². The second-order valence-corrected chi connectivity index (χ2v) is 7.40. The number of amides is 2. The molecule has 168 valence electrons. The number of ether oxygens (including phenoxy) is 1. The summed E-state index contributed by atoms with van der Waals surface area (Å²) < 4.78 is 12.4. The second kappa shape index (κ2) is 9.77. The number of nitrogens with one attached hydrogen (secondary N) is 2.